The first-order valence-electron chi connectivity index (χ1n) is 9.66. The quantitative estimate of drug-likeness (QED) is 0.380. The number of aryl methyl sites for hydroxylation is 1. The SMILES string of the molecule is COC1(C(=O)OC(C)(C)C)CN2C(=O)C(N)[C@H]2SC1C.Cc1ccc(S(=O)(=O)O)cc1. The summed E-state index contributed by atoms with van der Waals surface area (Å²) < 4.78 is 40.5. The van der Waals surface area contributed by atoms with Gasteiger partial charge in [0.25, 0.3) is 10.1 Å². The maximum Gasteiger partial charge on any atom is 0.341 e. The Morgan fingerprint density at radius 1 is 1.29 bits per heavy atom. The molecular formula is C20H30N2O7S2. The summed E-state index contributed by atoms with van der Waals surface area (Å²) in [5, 5.41) is -0.203. The van der Waals surface area contributed by atoms with Gasteiger partial charge in [-0.05, 0) is 46.8 Å². The van der Waals surface area contributed by atoms with Gasteiger partial charge in [-0.1, -0.05) is 17.7 Å². The number of carbonyl (C=O) groups is 2. The topological polar surface area (TPSA) is 136 Å². The average Bonchev–Trinajstić information content (AvgIpc) is 2.66. The number of amides is 1. The van der Waals surface area contributed by atoms with E-state index in [4.69, 9.17) is 19.8 Å². The van der Waals surface area contributed by atoms with Gasteiger partial charge in [0.1, 0.15) is 17.0 Å². The van der Waals surface area contributed by atoms with Crippen LogP contribution in [0.1, 0.15) is 33.3 Å². The third-order valence-corrected chi connectivity index (χ3v) is 7.50. The van der Waals surface area contributed by atoms with Crippen LogP contribution in [0.5, 0.6) is 0 Å². The Hall–Kier alpha value is -1.66. The predicted molar refractivity (Wildman–Crippen MR) is 117 cm³/mol. The van der Waals surface area contributed by atoms with E-state index in [1.54, 1.807) is 17.0 Å². The molecule has 0 aromatic heterocycles. The van der Waals surface area contributed by atoms with Crippen molar-refractivity contribution in [1.82, 2.24) is 4.90 Å². The highest BCUT2D eigenvalue weighted by molar-refractivity contribution is 8.00. The molecule has 31 heavy (non-hydrogen) atoms. The van der Waals surface area contributed by atoms with Gasteiger partial charge in [0.15, 0.2) is 5.60 Å². The molecule has 1 amide bonds. The molecule has 3 unspecified atom stereocenters. The molecule has 3 rings (SSSR count). The monoisotopic (exact) mass is 474 g/mol. The standard InChI is InChI=1S/C13H22N2O4S.C7H8O3S/c1-7-13(18-5,11(17)19-12(2,3)4)6-15-9(16)8(14)10(15)20-7;1-6-2-4-7(5-3-6)11(8,9)10/h7-8,10H,6,14H2,1-5H3;2-5H,1H3,(H,8,9,10)/t7?,8?,10-,13?;/m1./s1. The molecule has 0 bridgehead atoms. The lowest BCUT2D eigenvalue weighted by Gasteiger charge is -2.55. The van der Waals surface area contributed by atoms with Crippen molar-refractivity contribution in [3.05, 3.63) is 29.8 Å². The van der Waals surface area contributed by atoms with Crippen molar-refractivity contribution in [2.45, 2.75) is 67.4 Å². The maximum absolute atomic E-state index is 12.5. The number of esters is 1. The van der Waals surface area contributed by atoms with Crippen LogP contribution in [0, 0.1) is 6.92 Å². The van der Waals surface area contributed by atoms with E-state index in [0.717, 1.165) is 5.56 Å². The molecule has 4 atom stereocenters. The second-order valence-electron chi connectivity index (χ2n) is 8.54. The maximum atomic E-state index is 12.5. The Kier molecular flexibility index (Phi) is 7.49. The molecule has 3 N–H and O–H groups in total. The van der Waals surface area contributed by atoms with E-state index in [1.165, 1.54) is 31.0 Å². The summed E-state index contributed by atoms with van der Waals surface area (Å²) in [5.74, 6) is -0.571. The fourth-order valence-corrected chi connectivity index (χ4v) is 5.19. The number of fused-ring (bicyclic) bond motifs is 1. The van der Waals surface area contributed by atoms with Crippen molar-refractivity contribution in [1.29, 1.82) is 0 Å². The molecular weight excluding hydrogens is 444 g/mol. The number of rotatable bonds is 3. The van der Waals surface area contributed by atoms with E-state index in [9.17, 15) is 18.0 Å². The number of hydrogen-bond acceptors (Lipinski definition) is 8. The minimum absolute atomic E-state index is 0.0665. The minimum Gasteiger partial charge on any atom is -0.458 e. The Bertz CT molecular complexity index is 928. The summed E-state index contributed by atoms with van der Waals surface area (Å²) >= 11 is 1.49. The van der Waals surface area contributed by atoms with E-state index in [1.807, 2.05) is 34.6 Å². The van der Waals surface area contributed by atoms with Crippen LogP contribution >= 0.6 is 11.8 Å². The molecule has 174 valence electrons. The lowest BCUT2D eigenvalue weighted by Crippen LogP contribution is -2.75. The molecule has 2 aliphatic rings. The van der Waals surface area contributed by atoms with Gasteiger partial charge in [-0.3, -0.25) is 9.35 Å². The molecule has 0 aliphatic carbocycles. The van der Waals surface area contributed by atoms with Crippen molar-refractivity contribution in [2.24, 2.45) is 5.73 Å². The Balaban J connectivity index is 0.000000262. The lowest BCUT2D eigenvalue weighted by molar-refractivity contribution is -0.187. The number of β-lactam (4-membered cyclic amide) rings is 1. The number of nitrogens with two attached hydrogens (primary N) is 1. The number of thioether (sulfide) groups is 1. The van der Waals surface area contributed by atoms with Crippen LogP contribution in [0.25, 0.3) is 0 Å². The minimum atomic E-state index is -4.02. The molecule has 2 aliphatic heterocycles. The molecule has 1 aromatic carbocycles. The van der Waals surface area contributed by atoms with Crippen molar-refractivity contribution < 1.29 is 32.0 Å². The van der Waals surface area contributed by atoms with Gasteiger partial charge in [0.2, 0.25) is 5.91 Å². The Labute approximate surface area is 187 Å². The molecule has 9 nitrogen and oxygen atoms in total. The predicted octanol–water partition coefficient (Wildman–Crippen LogP) is 1.59. The highest BCUT2D eigenvalue weighted by atomic mass is 32.2. The van der Waals surface area contributed by atoms with Crippen molar-refractivity contribution in [2.75, 3.05) is 13.7 Å². The average molecular weight is 475 g/mol. The summed E-state index contributed by atoms with van der Waals surface area (Å²) in [7, 11) is -2.54. The zero-order valence-electron chi connectivity index (χ0n) is 18.5. The van der Waals surface area contributed by atoms with Crippen LogP contribution < -0.4 is 5.73 Å². The second kappa shape index (κ2) is 9.07. The molecule has 1 aromatic rings. The number of nitrogens with zero attached hydrogens (tertiary/aromatic N) is 1. The van der Waals surface area contributed by atoms with Crippen LogP contribution in [0.2, 0.25) is 0 Å². The highest BCUT2D eigenvalue weighted by Gasteiger charge is 2.60. The second-order valence-corrected chi connectivity index (χ2v) is 11.4. The van der Waals surface area contributed by atoms with E-state index in [2.05, 4.69) is 0 Å². The van der Waals surface area contributed by atoms with Gasteiger partial charge >= 0.3 is 5.97 Å². The Morgan fingerprint density at radius 3 is 2.29 bits per heavy atom. The van der Waals surface area contributed by atoms with Crippen LogP contribution in [0.4, 0.5) is 0 Å². The van der Waals surface area contributed by atoms with Crippen molar-refractivity contribution >= 4 is 33.8 Å². The van der Waals surface area contributed by atoms with E-state index < -0.39 is 33.3 Å². The number of carbonyl (C=O) groups excluding carboxylic acids is 2. The van der Waals surface area contributed by atoms with Crippen molar-refractivity contribution in [3.8, 4) is 0 Å². The summed E-state index contributed by atoms with van der Waals surface area (Å²) in [4.78, 5) is 25.8. The first-order chi connectivity index (χ1) is 14.1. The molecule has 0 saturated carbocycles. The normalized spacial score (nSPS) is 28.1. The smallest absolute Gasteiger partial charge is 0.341 e. The summed E-state index contributed by atoms with van der Waals surface area (Å²) in [5.41, 5.74) is 5.00. The van der Waals surface area contributed by atoms with Gasteiger partial charge in [-0.25, -0.2) is 4.79 Å². The van der Waals surface area contributed by atoms with E-state index >= 15 is 0 Å². The third kappa shape index (κ3) is 5.58. The first-order valence-corrected chi connectivity index (χ1v) is 12.0. The molecule has 2 saturated heterocycles. The number of hydrogen-bond donors (Lipinski definition) is 2. The van der Waals surface area contributed by atoms with Crippen LogP contribution in [0.15, 0.2) is 29.2 Å². The van der Waals surface area contributed by atoms with Crippen molar-refractivity contribution in [3.63, 3.8) is 0 Å². The Morgan fingerprint density at radius 2 is 1.84 bits per heavy atom. The van der Waals surface area contributed by atoms with Crippen LogP contribution in [-0.2, 0) is 29.2 Å². The third-order valence-electron chi connectivity index (χ3n) is 5.02. The van der Waals surface area contributed by atoms with Gasteiger partial charge in [0, 0.05) is 12.4 Å². The summed E-state index contributed by atoms with van der Waals surface area (Å²) in [6.45, 7) is 9.37. The summed E-state index contributed by atoms with van der Waals surface area (Å²) in [6.07, 6.45) is 0. The zero-order valence-corrected chi connectivity index (χ0v) is 20.1. The number of ether oxygens (including phenoxy) is 2. The molecule has 2 fully saturated rings. The van der Waals surface area contributed by atoms with E-state index in [0.29, 0.717) is 0 Å². The lowest BCUT2D eigenvalue weighted by atomic mass is 9.94. The fourth-order valence-electron chi connectivity index (χ4n) is 3.20. The van der Waals surface area contributed by atoms with Crippen LogP contribution in [0.3, 0.4) is 0 Å². The number of benzene rings is 1. The summed E-state index contributed by atoms with van der Waals surface area (Å²) in [6, 6.07) is 5.51. The molecule has 0 radical (unpaired) electrons. The molecule has 0 spiro atoms. The largest absolute Gasteiger partial charge is 0.458 e. The first kappa shape index (κ1) is 25.6. The van der Waals surface area contributed by atoms with Gasteiger partial charge in [-0.2, -0.15) is 8.42 Å². The van der Waals surface area contributed by atoms with Gasteiger partial charge < -0.3 is 20.1 Å². The molecule has 11 heteroatoms. The van der Waals surface area contributed by atoms with Gasteiger partial charge in [0.05, 0.1) is 11.4 Å². The fraction of sp³-hybridized carbons (Fsp3) is 0.600. The zero-order chi connectivity index (χ0) is 23.8. The molecule has 2 heterocycles. The van der Waals surface area contributed by atoms with Crippen LogP contribution in [-0.4, -0.2) is 71.3 Å². The number of methoxy groups -OCH3 is 1. The highest BCUT2D eigenvalue weighted by Crippen LogP contribution is 2.44. The van der Waals surface area contributed by atoms with E-state index in [-0.39, 0.29) is 28.0 Å². The van der Waals surface area contributed by atoms with Gasteiger partial charge in [-0.15, -0.1) is 11.8 Å².